The molecule has 0 saturated carbocycles. The second kappa shape index (κ2) is 3.53. The van der Waals surface area contributed by atoms with Crippen molar-refractivity contribution in [3.63, 3.8) is 0 Å². The van der Waals surface area contributed by atoms with Crippen molar-refractivity contribution in [2.45, 2.75) is 5.02 Å². The highest BCUT2D eigenvalue weighted by Crippen LogP contribution is 2.27. The number of ether oxygens (including phenoxy) is 1. The van der Waals surface area contributed by atoms with Crippen LogP contribution in [0, 0.1) is 0 Å². The van der Waals surface area contributed by atoms with Crippen molar-refractivity contribution in [1.29, 1.82) is 0 Å². The summed E-state index contributed by atoms with van der Waals surface area (Å²) in [6.45, 7) is 0. The Labute approximate surface area is 80.6 Å². The van der Waals surface area contributed by atoms with Crippen LogP contribution in [0.3, 0.4) is 0 Å². The number of alkyl halides is 3. The minimum Gasteiger partial charge on any atom is -0.424 e. The average molecular weight is 258 g/mol. The monoisotopic (exact) mass is 257 g/mol. The Balaban J connectivity index is 2.77. The Kier molecular flexibility index (Phi) is 2.85. The molecule has 12 heavy (non-hydrogen) atoms. The van der Waals surface area contributed by atoms with E-state index in [0.29, 0.717) is 0 Å². The second-order valence-corrected chi connectivity index (χ2v) is 3.17. The van der Waals surface area contributed by atoms with E-state index in [2.05, 4.69) is 9.72 Å². The first-order valence-corrected chi connectivity index (χ1v) is 4.02. The van der Waals surface area contributed by atoms with E-state index >= 15 is 0 Å². The maximum Gasteiger partial charge on any atom is 0.459 e. The van der Waals surface area contributed by atoms with Crippen molar-refractivity contribution in [1.82, 2.24) is 4.98 Å². The standard InChI is InChI=1S/C6H3BrClF2NO/c7-6(9,10)12-4-1-2-11-5(8)3-4/h1-3H. The Morgan fingerprint density at radius 1 is 1.58 bits per heavy atom. The fraction of sp³-hybridized carbons (Fsp3) is 0.167. The molecule has 0 N–H and O–H groups in total. The molecule has 0 spiro atoms. The molecule has 0 saturated heterocycles. The number of hydrogen-bond acceptors (Lipinski definition) is 2. The zero-order valence-electron chi connectivity index (χ0n) is 5.60. The molecule has 0 aromatic carbocycles. The number of halogens is 4. The zero-order chi connectivity index (χ0) is 9.19. The molecule has 66 valence electrons. The molecule has 6 heteroatoms. The molecular weight excluding hydrogens is 255 g/mol. The summed E-state index contributed by atoms with van der Waals surface area (Å²) in [7, 11) is 0. The van der Waals surface area contributed by atoms with E-state index in [1.807, 2.05) is 15.9 Å². The SMILES string of the molecule is FC(F)(Br)Oc1ccnc(Cl)c1. The van der Waals surface area contributed by atoms with Crippen LogP contribution < -0.4 is 4.74 Å². The predicted molar refractivity (Wildman–Crippen MR) is 43.7 cm³/mol. The minimum absolute atomic E-state index is 0.0446. The van der Waals surface area contributed by atoms with Crippen molar-refractivity contribution in [2.24, 2.45) is 0 Å². The molecule has 1 rings (SSSR count). The summed E-state index contributed by atoms with van der Waals surface area (Å²) in [5, 5.41) is -3.28. The summed E-state index contributed by atoms with van der Waals surface area (Å²) in [6, 6.07) is 2.47. The van der Waals surface area contributed by atoms with Crippen molar-refractivity contribution in [3.8, 4) is 5.75 Å². The van der Waals surface area contributed by atoms with Gasteiger partial charge >= 0.3 is 5.02 Å². The van der Waals surface area contributed by atoms with Gasteiger partial charge in [0.2, 0.25) is 0 Å². The predicted octanol–water partition coefficient (Wildman–Crippen LogP) is 3.06. The lowest BCUT2D eigenvalue weighted by atomic mass is 10.5. The fourth-order valence-corrected chi connectivity index (χ4v) is 0.933. The van der Waals surface area contributed by atoms with E-state index in [4.69, 9.17) is 11.6 Å². The summed E-state index contributed by atoms with van der Waals surface area (Å²) in [5.41, 5.74) is 0. The molecule has 0 bridgehead atoms. The van der Waals surface area contributed by atoms with Gasteiger partial charge in [0.25, 0.3) is 0 Å². The second-order valence-electron chi connectivity index (χ2n) is 1.86. The molecule has 1 aromatic rings. The van der Waals surface area contributed by atoms with Crippen LogP contribution in [0.1, 0.15) is 0 Å². The number of aromatic nitrogens is 1. The molecule has 1 aromatic heterocycles. The van der Waals surface area contributed by atoms with Gasteiger partial charge in [0.15, 0.2) is 0 Å². The average Bonchev–Trinajstić information content (AvgIpc) is 1.82. The van der Waals surface area contributed by atoms with Crippen LogP contribution in [0.15, 0.2) is 18.3 Å². The molecule has 0 atom stereocenters. The highest BCUT2D eigenvalue weighted by atomic mass is 79.9. The minimum atomic E-state index is -3.38. The number of hydrogen-bond donors (Lipinski definition) is 0. The fourth-order valence-electron chi connectivity index (χ4n) is 0.582. The van der Waals surface area contributed by atoms with Crippen LogP contribution >= 0.6 is 27.5 Å². The van der Waals surface area contributed by atoms with Gasteiger partial charge in [0.05, 0.1) is 0 Å². The molecule has 0 amide bonds. The Bertz CT molecular complexity index is 278. The van der Waals surface area contributed by atoms with Crippen molar-refractivity contribution in [3.05, 3.63) is 23.5 Å². The topological polar surface area (TPSA) is 22.1 Å². The van der Waals surface area contributed by atoms with Gasteiger partial charge in [-0.3, -0.25) is 0 Å². The molecule has 0 radical (unpaired) electrons. The first-order chi connectivity index (χ1) is 5.47. The molecular formula is C6H3BrClF2NO. The van der Waals surface area contributed by atoms with Crippen molar-refractivity contribution in [2.75, 3.05) is 0 Å². The summed E-state index contributed by atoms with van der Waals surface area (Å²) in [5.74, 6) is -0.0446. The molecule has 0 fully saturated rings. The lowest BCUT2D eigenvalue weighted by Crippen LogP contribution is -2.14. The Morgan fingerprint density at radius 3 is 2.75 bits per heavy atom. The summed E-state index contributed by atoms with van der Waals surface area (Å²) < 4.78 is 28.5. The molecule has 1 heterocycles. The third-order valence-electron chi connectivity index (χ3n) is 0.932. The van der Waals surface area contributed by atoms with Crippen LogP contribution in [-0.2, 0) is 0 Å². The molecule has 0 unspecified atom stereocenters. The van der Waals surface area contributed by atoms with Gasteiger partial charge in [0, 0.05) is 28.2 Å². The van der Waals surface area contributed by atoms with Crippen LogP contribution in [-0.4, -0.2) is 10.0 Å². The largest absolute Gasteiger partial charge is 0.459 e. The van der Waals surface area contributed by atoms with E-state index in [1.165, 1.54) is 18.3 Å². The first-order valence-electron chi connectivity index (χ1n) is 2.85. The molecule has 0 aliphatic carbocycles. The van der Waals surface area contributed by atoms with Gasteiger partial charge in [0.1, 0.15) is 10.9 Å². The van der Waals surface area contributed by atoms with Crippen molar-refractivity contribution < 1.29 is 13.5 Å². The Morgan fingerprint density at radius 2 is 2.25 bits per heavy atom. The van der Waals surface area contributed by atoms with Gasteiger partial charge in [-0.05, 0) is 6.07 Å². The smallest absolute Gasteiger partial charge is 0.424 e. The highest BCUT2D eigenvalue weighted by Gasteiger charge is 2.26. The van der Waals surface area contributed by atoms with Crippen LogP contribution in [0.25, 0.3) is 0 Å². The van der Waals surface area contributed by atoms with E-state index in [1.54, 1.807) is 0 Å². The third kappa shape index (κ3) is 3.32. The van der Waals surface area contributed by atoms with E-state index in [-0.39, 0.29) is 10.9 Å². The van der Waals surface area contributed by atoms with Crippen LogP contribution in [0.4, 0.5) is 8.78 Å². The lowest BCUT2D eigenvalue weighted by molar-refractivity contribution is -0.0803. The van der Waals surface area contributed by atoms with Gasteiger partial charge in [-0.2, -0.15) is 8.78 Å². The summed E-state index contributed by atoms with van der Waals surface area (Å²) in [6.07, 6.45) is 1.27. The summed E-state index contributed by atoms with van der Waals surface area (Å²) in [4.78, 5) is 3.60. The number of nitrogens with zero attached hydrogens (tertiary/aromatic N) is 1. The van der Waals surface area contributed by atoms with Gasteiger partial charge in [-0.1, -0.05) is 11.6 Å². The van der Waals surface area contributed by atoms with E-state index in [0.717, 1.165) is 0 Å². The zero-order valence-corrected chi connectivity index (χ0v) is 7.94. The van der Waals surface area contributed by atoms with Gasteiger partial charge in [-0.25, -0.2) is 4.98 Å². The normalized spacial score (nSPS) is 11.3. The quantitative estimate of drug-likeness (QED) is 0.601. The molecule has 2 nitrogen and oxygen atoms in total. The van der Waals surface area contributed by atoms with Crippen molar-refractivity contribution >= 4 is 27.5 Å². The summed E-state index contributed by atoms with van der Waals surface area (Å²) >= 11 is 7.44. The first kappa shape index (κ1) is 9.67. The molecule has 0 aliphatic heterocycles. The highest BCUT2D eigenvalue weighted by molar-refractivity contribution is 9.09. The van der Waals surface area contributed by atoms with Crippen LogP contribution in [0.2, 0.25) is 5.15 Å². The van der Waals surface area contributed by atoms with E-state index in [9.17, 15) is 8.78 Å². The maximum absolute atomic E-state index is 12.2. The van der Waals surface area contributed by atoms with Crippen LogP contribution in [0.5, 0.6) is 5.75 Å². The molecule has 0 aliphatic rings. The number of rotatable bonds is 2. The lowest BCUT2D eigenvalue weighted by Gasteiger charge is -2.10. The number of pyridine rings is 1. The van der Waals surface area contributed by atoms with Gasteiger partial charge in [-0.15, -0.1) is 0 Å². The third-order valence-corrected chi connectivity index (χ3v) is 1.30. The van der Waals surface area contributed by atoms with E-state index < -0.39 is 5.02 Å². The van der Waals surface area contributed by atoms with Gasteiger partial charge < -0.3 is 4.74 Å². The Hall–Kier alpha value is -0.420. The maximum atomic E-state index is 12.2.